The number of hydrogen-bond acceptors (Lipinski definition) is 4. The largest absolute Gasteiger partial charge is 0.444 e. The van der Waals surface area contributed by atoms with E-state index in [-0.39, 0.29) is 12.1 Å². The highest BCUT2D eigenvalue weighted by molar-refractivity contribution is 5.68. The van der Waals surface area contributed by atoms with Crippen LogP contribution in [0.4, 0.5) is 4.79 Å². The second kappa shape index (κ2) is 9.85. The van der Waals surface area contributed by atoms with Gasteiger partial charge >= 0.3 is 6.09 Å². The van der Waals surface area contributed by atoms with E-state index in [1.54, 1.807) is 0 Å². The van der Waals surface area contributed by atoms with Gasteiger partial charge in [0.25, 0.3) is 0 Å². The summed E-state index contributed by atoms with van der Waals surface area (Å²) >= 11 is 0. The molecule has 0 spiro atoms. The molecular formula is C17H32N2O3. The fourth-order valence-electron chi connectivity index (χ4n) is 2.52. The van der Waals surface area contributed by atoms with Gasteiger partial charge in [0.2, 0.25) is 0 Å². The Hall–Kier alpha value is -1.07. The van der Waals surface area contributed by atoms with Gasteiger partial charge in [0.05, 0.1) is 13.2 Å². The molecule has 0 aromatic carbocycles. The summed E-state index contributed by atoms with van der Waals surface area (Å²) in [5, 5.41) is 6.48. The normalized spacial score (nSPS) is 22.1. The molecule has 0 bridgehead atoms. The molecule has 0 aromatic heterocycles. The predicted octanol–water partition coefficient (Wildman–Crippen LogP) is 3.00. The highest BCUT2D eigenvalue weighted by Crippen LogP contribution is 2.19. The van der Waals surface area contributed by atoms with Crippen LogP contribution in [0.2, 0.25) is 0 Å². The number of carbonyl (C=O) groups excluding carboxylic acids is 1. The zero-order valence-corrected chi connectivity index (χ0v) is 14.3. The smallest absolute Gasteiger partial charge is 0.407 e. The van der Waals surface area contributed by atoms with Crippen LogP contribution in [0.25, 0.3) is 0 Å². The van der Waals surface area contributed by atoms with E-state index in [0.717, 1.165) is 51.9 Å². The van der Waals surface area contributed by atoms with Crippen LogP contribution in [0.3, 0.4) is 0 Å². The molecule has 1 saturated carbocycles. The monoisotopic (exact) mass is 312 g/mol. The Labute approximate surface area is 134 Å². The van der Waals surface area contributed by atoms with Crippen molar-refractivity contribution >= 4 is 6.09 Å². The molecule has 2 N–H and O–H groups in total. The first kappa shape index (κ1) is 19.0. The molecule has 0 unspecified atom stereocenters. The van der Waals surface area contributed by atoms with E-state index >= 15 is 0 Å². The van der Waals surface area contributed by atoms with E-state index in [2.05, 4.69) is 17.2 Å². The third-order valence-electron chi connectivity index (χ3n) is 3.59. The lowest BCUT2D eigenvalue weighted by atomic mass is 9.91. The SMILES string of the molecule is C=CCCOCCNC1CCC(NC(=O)OC(C)(C)C)CC1. The summed E-state index contributed by atoms with van der Waals surface area (Å²) in [6.45, 7) is 11.7. The molecule has 0 aliphatic heterocycles. The van der Waals surface area contributed by atoms with Crippen LogP contribution in [0.15, 0.2) is 12.7 Å². The van der Waals surface area contributed by atoms with Gasteiger partial charge in [0, 0.05) is 18.6 Å². The van der Waals surface area contributed by atoms with Crippen molar-refractivity contribution in [2.45, 2.75) is 70.6 Å². The first-order valence-electron chi connectivity index (χ1n) is 8.32. The van der Waals surface area contributed by atoms with Crippen molar-refractivity contribution in [3.8, 4) is 0 Å². The van der Waals surface area contributed by atoms with Crippen LogP contribution in [0, 0.1) is 0 Å². The maximum atomic E-state index is 11.7. The lowest BCUT2D eigenvalue weighted by Crippen LogP contribution is -2.44. The summed E-state index contributed by atoms with van der Waals surface area (Å²) in [7, 11) is 0. The molecule has 1 aliphatic carbocycles. The summed E-state index contributed by atoms with van der Waals surface area (Å²) < 4.78 is 10.8. The second-order valence-electron chi connectivity index (χ2n) is 6.84. The zero-order valence-electron chi connectivity index (χ0n) is 14.3. The Morgan fingerprint density at radius 2 is 1.82 bits per heavy atom. The minimum atomic E-state index is -0.436. The van der Waals surface area contributed by atoms with Crippen LogP contribution >= 0.6 is 0 Å². The molecule has 1 amide bonds. The summed E-state index contributed by atoms with van der Waals surface area (Å²) in [6, 6.07) is 0.761. The minimum absolute atomic E-state index is 0.233. The maximum Gasteiger partial charge on any atom is 0.407 e. The molecule has 0 aromatic rings. The van der Waals surface area contributed by atoms with Gasteiger partial charge in [-0.25, -0.2) is 4.79 Å². The van der Waals surface area contributed by atoms with Crippen molar-refractivity contribution in [1.29, 1.82) is 0 Å². The number of rotatable bonds is 8. The Morgan fingerprint density at radius 1 is 1.18 bits per heavy atom. The summed E-state index contributed by atoms with van der Waals surface area (Å²) in [5.41, 5.74) is -0.436. The van der Waals surface area contributed by atoms with E-state index in [1.165, 1.54) is 0 Å². The van der Waals surface area contributed by atoms with Crippen molar-refractivity contribution in [1.82, 2.24) is 10.6 Å². The lowest BCUT2D eigenvalue weighted by Gasteiger charge is -2.30. The topological polar surface area (TPSA) is 59.6 Å². The van der Waals surface area contributed by atoms with Crippen molar-refractivity contribution in [2.24, 2.45) is 0 Å². The van der Waals surface area contributed by atoms with Gasteiger partial charge in [-0.2, -0.15) is 0 Å². The summed E-state index contributed by atoms with van der Waals surface area (Å²) in [4.78, 5) is 11.7. The van der Waals surface area contributed by atoms with E-state index in [0.29, 0.717) is 6.04 Å². The van der Waals surface area contributed by atoms with Gasteiger partial charge in [0.15, 0.2) is 0 Å². The van der Waals surface area contributed by atoms with Crippen LogP contribution in [-0.2, 0) is 9.47 Å². The zero-order chi connectivity index (χ0) is 16.4. The van der Waals surface area contributed by atoms with Crippen molar-refractivity contribution in [2.75, 3.05) is 19.8 Å². The minimum Gasteiger partial charge on any atom is -0.444 e. The lowest BCUT2D eigenvalue weighted by molar-refractivity contribution is 0.0489. The molecule has 0 heterocycles. The number of nitrogens with one attached hydrogen (secondary N) is 2. The third-order valence-corrected chi connectivity index (χ3v) is 3.59. The molecule has 0 atom stereocenters. The maximum absolute atomic E-state index is 11.7. The fourth-order valence-corrected chi connectivity index (χ4v) is 2.52. The van der Waals surface area contributed by atoms with Gasteiger partial charge in [-0.05, 0) is 52.9 Å². The molecule has 5 nitrogen and oxygen atoms in total. The Bertz CT molecular complexity index is 331. The molecule has 1 aliphatic rings. The Kier molecular flexibility index (Phi) is 8.49. The van der Waals surface area contributed by atoms with Crippen LogP contribution < -0.4 is 10.6 Å². The molecular weight excluding hydrogens is 280 g/mol. The first-order chi connectivity index (χ1) is 10.4. The molecule has 0 saturated heterocycles. The third kappa shape index (κ3) is 9.05. The van der Waals surface area contributed by atoms with E-state index in [4.69, 9.17) is 9.47 Å². The summed E-state index contributed by atoms with van der Waals surface area (Å²) in [6.07, 6.45) is 6.61. The van der Waals surface area contributed by atoms with Gasteiger partial charge in [-0.1, -0.05) is 6.08 Å². The highest BCUT2D eigenvalue weighted by atomic mass is 16.6. The average Bonchev–Trinajstić information content (AvgIpc) is 2.42. The van der Waals surface area contributed by atoms with Gasteiger partial charge < -0.3 is 20.1 Å². The Morgan fingerprint density at radius 3 is 2.41 bits per heavy atom. The molecule has 128 valence electrons. The molecule has 0 radical (unpaired) electrons. The van der Waals surface area contributed by atoms with Crippen LogP contribution in [0.5, 0.6) is 0 Å². The second-order valence-corrected chi connectivity index (χ2v) is 6.84. The highest BCUT2D eigenvalue weighted by Gasteiger charge is 2.24. The standard InChI is InChI=1S/C17H32N2O3/c1-5-6-12-21-13-11-18-14-7-9-15(10-8-14)19-16(20)22-17(2,3)4/h5,14-15,18H,1,6-13H2,2-4H3,(H,19,20). The van der Waals surface area contributed by atoms with Gasteiger partial charge in [-0.15, -0.1) is 6.58 Å². The van der Waals surface area contributed by atoms with Crippen LogP contribution in [-0.4, -0.2) is 43.5 Å². The molecule has 5 heteroatoms. The van der Waals surface area contributed by atoms with Crippen molar-refractivity contribution < 1.29 is 14.3 Å². The molecule has 1 rings (SSSR count). The molecule has 1 fully saturated rings. The van der Waals surface area contributed by atoms with E-state index < -0.39 is 5.60 Å². The van der Waals surface area contributed by atoms with E-state index in [1.807, 2.05) is 26.8 Å². The number of amides is 1. The first-order valence-corrected chi connectivity index (χ1v) is 8.32. The Balaban J connectivity index is 2.08. The van der Waals surface area contributed by atoms with Crippen LogP contribution in [0.1, 0.15) is 52.9 Å². The quantitative estimate of drug-likeness (QED) is 0.534. The number of alkyl carbamates (subject to hydrolysis) is 1. The predicted molar refractivity (Wildman–Crippen MR) is 89.0 cm³/mol. The molecule has 22 heavy (non-hydrogen) atoms. The fraction of sp³-hybridized carbons (Fsp3) is 0.824. The van der Waals surface area contributed by atoms with Crippen molar-refractivity contribution in [3.63, 3.8) is 0 Å². The van der Waals surface area contributed by atoms with Gasteiger partial charge in [0.1, 0.15) is 5.60 Å². The number of hydrogen-bond donors (Lipinski definition) is 2. The summed E-state index contributed by atoms with van der Waals surface area (Å²) in [5.74, 6) is 0. The number of carbonyl (C=O) groups is 1. The van der Waals surface area contributed by atoms with Crippen molar-refractivity contribution in [3.05, 3.63) is 12.7 Å². The number of ether oxygens (including phenoxy) is 2. The van der Waals surface area contributed by atoms with E-state index in [9.17, 15) is 4.79 Å². The average molecular weight is 312 g/mol. The van der Waals surface area contributed by atoms with Gasteiger partial charge in [-0.3, -0.25) is 0 Å².